The van der Waals surface area contributed by atoms with Crippen molar-refractivity contribution in [3.8, 4) is 11.3 Å². The lowest BCUT2D eigenvalue weighted by atomic mass is 10.1. The zero-order valence-corrected chi connectivity index (χ0v) is 17.7. The molecule has 2 aromatic heterocycles. The molecule has 1 N–H and O–H groups in total. The van der Waals surface area contributed by atoms with Crippen molar-refractivity contribution in [2.45, 2.75) is 16.8 Å². The van der Waals surface area contributed by atoms with E-state index in [2.05, 4.69) is 15.3 Å². The lowest BCUT2D eigenvalue weighted by Gasteiger charge is -2.07. The van der Waals surface area contributed by atoms with Gasteiger partial charge in [0.1, 0.15) is 5.03 Å². The maximum absolute atomic E-state index is 13.0. The molecule has 0 radical (unpaired) electrons. The van der Waals surface area contributed by atoms with E-state index in [-0.39, 0.29) is 11.7 Å². The molecule has 148 valence electrons. The number of anilines is 1. The number of hydrogen-bond acceptors (Lipinski definition) is 6. The minimum absolute atomic E-state index is 0.0893. The first kappa shape index (κ1) is 20.0. The Morgan fingerprint density at radius 1 is 0.933 bits per heavy atom. The van der Waals surface area contributed by atoms with Crippen molar-refractivity contribution in [3.05, 3.63) is 89.4 Å². The molecule has 0 atom stereocenters. The van der Waals surface area contributed by atoms with Gasteiger partial charge >= 0.3 is 0 Å². The average Bonchev–Trinajstić information content (AvgIpc) is 3.19. The summed E-state index contributed by atoms with van der Waals surface area (Å²) < 4.78 is 0. The van der Waals surface area contributed by atoms with Gasteiger partial charge in [0.2, 0.25) is 0 Å². The van der Waals surface area contributed by atoms with Gasteiger partial charge in [-0.2, -0.15) is 0 Å². The number of nitrogens with zero attached hydrogens (tertiary/aromatic N) is 2. The zero-order valence-electron chi connectivity index (χ0n) is 16.0. The molecule has 0 aliphatic carbocycles. The van der Waals surface area contributed by atoms with Crippen LogP contribution in [0.15, 0.2) is 88.9 Å². The van der Waals surface area contributed by atoms with E-state index in [0.29, 0.717) is 26.3 Å². The average molecular weight is 432 g/mol. The second kappa shape index (κ2) is 9.02. The van der Waals surface area contributed by atoms with Crippen LogP contribution in [0.1, 0.15) is 27.0 Å². The Bertz CT molecular complexity index is 1190. The third-order valence-corrected chi connectivity index (χ3v) is 6.29. The molecule has 5 nitrogen and oxygen atoms in total. The zero-order chi connectivity index (χ0) is 20.9. The van der Waals surface area contributed by atoms with Crippen molar-refractivity contribution in [1.29, 1.82) is 0 Å². The van der Waals surface area contributed by atoms with Crippen molar-refractivity contribution >= 4 is 39.9 Å². The van der Waals surface area contributed by atoms with Crippen LogP contribution in [0.3, 0.4) is 0 Å². The number of pyridine rings is 1. The number of carbonyl (C=O) groups is 2. The van der Waals surface area contributed by atoms with Gasteiger partial charge in [0.25, 0.3) is 5.91 Å². The molecule has 2 aromatic carbocycles. The highest BCUT2D eigenvalue weighted by Crippen LogP contribution is 2.33. The van der Waals surface area contributed by atoms with Gasteiger partial charge in [0.15, 0.2) is 10.9 Å². The molecule has 0 bridgehead atoms. The molecule has 2 heterocycles. The second-order valence-electron chi connectivity index (χ2n) is 6.34. The highest BCUT2D eigenvalue weighted by molar-refractivity contribution is 7.99. The van der Waals surface area contributed by atoms with Crippen LogP contribution >= 0.6 is 23.1 Å². The Morgan fingerprint density at radius 3 is 2.33 bits per heavy atom. The third-order valence-electron chi connectivity index (χ3n) is 4.19. The smallest absolute Gasteiger partial charge is 0.260 e. The molecule has 4 aromatic rings. The molecule has 7 heteroatoms. The first-order valence-corrected chi connectivity index (χ1v) is 10.8. The Morgan fingerprint density at radius 2 is 1.63 bits per heavy atom. The number of carbonyl (C=O) groups excluding carboxylic acids is 2. The van der Waals surface area contributed by atoms with Crippen LogP contribution in [0, 0.1) is 0 Å². The number of benzene rings is 2. The fraction of sp³-hybridized carbons (Fsp3) is 0.0435. The number of nitrogens with one attached hydrogen (secondary N) is 1. The van der Waals surface area contributed by atoms with Crippen LogP contribution in [0.4, 0.5) is 5.13 Å². The summed E-state index contributed by atoms with van der Waals surface area (Å²) in [6, 6.07) is 22.7. The first-order valence-electron chi connectivity index (χ1n) is 9.18. The van der Waals surface area contributed by atoms with E-state index in [9.17, 15) is 9.59 Å². The lowest BCUT2D eigenvalue weighted by Crippen LogP contribution is -2.13. The van der Waals surface area contributed by atoms with Crippen LogP contribution in [0.5, 0.6) is 0 Å². The molecular weight excluding hydrogens is 414 g/mol. The summed E-state index contributed by atoms with van der Waals surface area (Å²) in [6.07, 6.45) is 1.66. The highest BCUT2D eigenvalue weighted by Gasteiger charge is 2.20. The fourth-order valence-electron chi connectivity index (χ4n) is 2.81. The van der Waals surface area contributed by atoms with E-state index in [4.69, 9.17) is 0 Å². The summed E-state index contributed by atoms with van der Waals surface area (Å²) >= 11 is 2.60. The Labute approximate surface area is 182 Å². The second-order valence-corrected chi connectivity index (χ2v) is 8.41. The number of Topliss-reactive ketones (excluding diaryl/α,β-unsaturated/α-hetero) is 1. The Hall–Kier alpha value is -3.29. The normalized spacial score (nSPS) is 10.6. The van der Waals surface area contributed by atoms with Crippen molar-refractivity contribution < 1.29 is 9.59 Å². The van der Waals surface area contributed by atoms with Gasteiger partial charge in [-0.3, -0.25) is 14.9 Å². The van der Waals surface area contributed by atoms with Crippen LogP contribution < -0.4 is 5.32 Å². The van der Waals surface area contributed by atoms with Crippen LogP contribution in [-0.4, -0.2) is 21.7 Å². The monoisotopic (exact) mass is 431 g/mol. The number of ketones is 1. The molecule has 0 fully saturated rings. The van der Waals surface area contributed by atoms with Crippen molar-refractivity contribution in [3.63, 3.8) is 0 Å². The summed E-state index contributed by atoms with van der Waals surface area (Å²) in [5.41, 5.74) is 1.86. The van der Waals surface area contributed by atoms with Crippen LogP contribution in [0.2, 0.25) is 0 Å². The summed E-state index contributed by atoms with van der Waals surface area (Å²) in [7, 11) is 0. The van der Waals surface area contributed by atoms with Gasteiger partial charge < -0.3 is 0 Å². The van der Waals surface area contributed by atoms with Gasteiger partial charge in [-0.25, -0.2) is 9.97 Å². The van der Waals surface area contributed by atoms with Gasteiger partial charge in [-0.1, -0.05) is 71.6 Å². The van der Waals surface area contributed by atoms with Crippen LogP contribution in [0.25, 0.3) is 11.3 Å². The fourth-order valence-corrected chi connectivity index (χ4v) is 4.59. The molecule has 0 spiro atoms. The molecule has 0 saturated carbocycles. The number of thiazole rings is 1. The molecule has 0 saturated heterocycles. The third kappa shape index (κ3) is 4.48. The molecule has 1 amide bonds. The van der Waals surface area contributed by atoms with E-state index in [1.165, 1.54) is 30.0 Å². The minimum atomic E-state index is -0.315. The SMILES string of the molecule is CC(=O)c1sc(NC(=O)c2cccnc2Sc2ccccc2)nc1-c1ccccc1. The number of aromatic nitrogens is 2. The summed E-state index contributed by atoms with van der Waals surface area (Å²) in [6.45, 7) is 1.50. The van der Waals surface area contributed by atoms with E-state index in [0.717, 1.165) is 10.5 Å². The predicted molar refractivity (Wildman–Crippen MR) is 120 cm³/mol. The van der Waals surface area contributed by atoms with E-state index in [1.54, 1.807) is 18.3 Å². The van der Waals surface area contributed by atoms with Crippen molar-refractivity contribution in [2.24, 2.45) is 0 Å². The Balaban J connectivity index is 1.62. The van der Waals surface area contributed by atoms with Gasteiger partial charge in [0, 0.05) is 23.6 Å². The summed E-state index contributed by atoms with van der Waals surface area (Å²) in [5.74, 6) is -0.404. The molecule has 0 unspecified atom stereocenters. The predicted octanol–water partition coefficient (Wildman–Crippen LogP) is 5.81. The number of rotatable bonds is 6. The maximum Gasteiger partial charge on any atom is 0.260 e. The summed E-state index contributed by atoms with van der Waals surface area (Å²) in [4.78, 5) is 35.5. The van der Waals surface area contributed by atoms with E-state index >= 15 is 0 Å². The van der Waals surface area contributed by atoms with Gasteiger partial charge in [0.05, 0.1) is 16.1 Å². The molecule has 30 heavy (non-hydrogen) atoms. The topological polar surface area (TPSA) is 72.0 Å². The van der Waals surface area contributed by atoms with Crippen molar-refractivity contribution in [2.75, 3.05) is 5.32 Å². The maximum atomic E-state index is 13.0. The molecular formula is C23H17N3O2S2. The minimum Gasteiger partial charge on any atom is -0.298 e. The lowest BCUT2D eigenvalue weighted by molar-refractivity contribution is 0.101. The molecule has 4 rings (SSSR count). The van der Waals surface area contributed by atoms with Gasteiger partial charge in [-0.05, 0) is 24.3 Å². The molecule has 0 aliphatic heterocycles. The number of hydrogen-bond donors (Lipinski definition) is 1. The number of amides is 1. The Kier molecular flexibility index (Phi) is 6.02. The van der Waals surface area contributed by atoms with Gasteiger partial charge in [-0.15, -0.1) is 0 Å². The standard InChI is InChI=1S/C23H17N3O2S2/c1-15(27)20-19(16-9-4-2-5-10-16)25-23(30-20)26-21(28)18-13-8-14-24-22(18)29-17-11-6-3-7-12-17/h2-14H,1H3,(H,25,26,28). The van der Waals surface area contributed by atoms with Crippen LogP contribution in [-0.2, 0) is 0 Å². The highest BCUT2D eigenvalue weighted by atomic mass is 32.2. The van der Waals surface area contributed by atoms with E-state index in [1.807, 2.05) is 60.7 Å². The quantitative estimate of drug-likeness (QED) is 0.390. The van der Waals surface area contributed by atoms with E-state index < -0.39 is 0 Å². The summed E-state index contributed by atoms with van der Waals surface area (Å²) in [5, 5.41) is 3.82. The first-order chi connectivity index (χ1) is 14.6. The molecule has 0 aliphatic rings. The largest absolute Gasteiger partial charge is 0.298 e. The van der Waals surface area contributed by atoms with Crippen molar-refractivity contribution in [1.82, 2.24) is 9.97 Å².